The number of anilines is 1. The quantitative estimate of drug-likeness (QED) is 0.921. The molecule has 5 heteroatoms. The number of hydrogen-bond donors (Lipinski definition) is 1. The molecule has 20 heavy (non-hydrogen) atoms. The van der Waals surface area contributed by atoms with Crippen molar-refractivity contribution in [2.75, 3.05) is 18.8 Å². The van der Waals surface area contributed by atoms with Crippen LogP contribution >= 0.6 is 0 Å². The van der Waals surface area contributed by atoms with Crippen LogP contribution in [-0.2, 0) is 0 Å². The van der Waals surface area contributed by atoms with E-state index < -0.39 is 0 Å². The van der Waals surface area contributed by atoms with Crippen LogP contribution in [0.1, 0.15) is 23.8 Å². The first kappa shape index (κ1) is 13.8. The van der Waals surface area contributed by atoms with Crippen LogP contribution in [0.25, 0.3) is 10.9 Å². The molecule has 1 aromatic heterocycles. The number of aromatic nitrogens is 1. The molecule has 0 fully saturated rings. The summed E-state index contributed by atoms with van der Waals surface area (Å²) >= 11 is 0. The molecule has 2 N–H and O–H groups in total. The second kappa shape index (κ2) is 6.02. The first-order valence-corrected chi connectivity index (χ1v) is 6.49. The fourth-order valence-electron chi connectivity index (χ4n) is 2.06. The lowest BCUT2D eigenvalue weighted by molar-refractivity contribution is 0.0762. The van der Waals surface area contributed by atoms with E-state index in [0.717, 1.165) is 5.39 Å². The topological polar surface area (TPSA) is 83.0 Å². The Morgan fingerprint density at radius 1 is 1.45 bits per heavy atom. The average molecular weight is 268 g/mol. The molecule has 2 aromatic rings. The van der Waals surface area contributed by atoms with Gasteiger partial charge in [0.25, 0.3) is 5.91 Å². The smallest absolute Gasteiger partial charge is 0.272 e. The molecule has 1 heterocycles. The zero-order chi connectivity index (χ0) is 14.5. The van der Waals surface area contributed by atoms with E-state index in [2.05, 4.69) is 4.98 Å². The van der Waals surface area contributed by atoms with Crippen LogP contribution in [0.15, 0.2) is 30.3 Å². The molecular formula is C15H16N4O. The number of para-hydroxylation sites is 1. The summed E-state index contributed by atoms with van der Waals surface area (Å²) in [6.07, 6.45) is 0.308. The molecular weight excluding hydrogens is 252 g/mol. The number of benzene rings is 1. The van der Waals surface area contributed by atoms with E-state index in [4.69, 9.17) is 11.0 Å². The van der Waals surface area contributed by atoms with Crippen LogP contribution in [0.5, 0.6) is 0 Å². The maximum absolute atomic E-state index is 12.4. The van der Waals surface area contributed by atoms with Crippen molar-refractivity contribution in [1.29, 1.82) is 5.26 Å². The Bertz CT molecular complexity index is 675. The van der Waals surface area contributed by atoms with Crippen molar-refractivity contribution in [3.8, 4) is 6.07 Å². The number of nitrogen functional groups attached to an aromatic ring is 1. The Balaban J connectivity index is 2.37. The zero-order valence-electron chi connectivity index (χ0n) is 11.3. The molecule has 0 aliphatic heterocycles. The van der Waals surface area contributed by atoms with Crippen molar-refractivity contribution in [3.63, 3.8) is 0 Å². The number of carbonyl (C=O) groups excluding carboxylic acids is 1. The molecule has 0 aliphatic rings. The Kier molecular flexibility index (Phi) is 4.16. The van der Waals surface area contributed by atoms with Crippen molar-refractivity contribution in [2.45, 2.75) is 13.3 Å². The predicted octanol–water partition coefficient (Wildman–Crippen LogP) is 2.19. The number of carbonyl (C=O) groups is 1. The number of hydrogen-bond acceptors (Lipinski definition) is 4. The van der Waals surface area contributed by atoms with Gasteiger partial charge in [0.05, 0.1) is 18.0 Å². The van der Waals surface area contributed by atoms with Crippen LogP contribution in [0.2, 0.25) is 0 Å². The second-order valence-corrected chi connectivity index (χ2v) is 4.41. The third-order valence-electron chi connectivity index (χ3n) is 3.13. The molecule has 2 rings (SSSR count). The van der Waals surface area contributed by atoms with Gasteiger partial charge in [-0.3, -0.25) is 4.79 Å². The molecule has 0 unspecified atom stereocenters. The van der Waals surface area contributed by atoms with Gasteiger partial charge >= 0.3 is 0 Å². The normalized spacial score (nSPS) is 10.2. The summed E-state index contributed by atoms with van der Waals surface area (Å²) in [5.41, 5.74) is 7.53. The molecule has 1 amide bonds. The van der Waals surface area contributed by atoms with Crippen molar-refractivity contribution in [3.05, 3.63) is 36.0 Å². The highest BCUT2D eigenvalue weighted by Gasteiger charge is 2.16. The van der Waals surface area contributed by atoms with Crippen molar-refractivity contribution < 1.29 is 4.79 Å². The van der Waals surface area contributed by atoms with Gasteiger partial charge in [-0.2, -0.15) is 5.26 Å². The fraction of sp³-hybridized carbons (Fsp3) is 0.267. The number of nitrogens with two attached hydrogens (primary N) is 1. The molecule has 0 aliphatic carbocycles. The Hall–Kier alpha value is -2.61. The second-order valence-electron chi connectivity index (χ2n) is 4.41. The van der Waals surface area contributed by atoms with E-state index in [9.17, 15) is 4.79 Å². The van der Waals surface area contributed by atoms with Gasteiger partial charge in [0.2, 0.25) is 0 Å². The highest BCUT2D eigenvalue weighted by Crippen LogP contribution is 2.20. The van der Waals surface area contributed by atoms with Gasteiger partial charge in [0, 0.05) is 24.2 Å². The molecule has 0 saturated carbocycles. The Labute approximate surface area is 117 Å². The number of amides is 1. The monoisotopic (exact) mass is 268 g/mol. The fourth-order valence-corrected chi connectivity index (χ4v) is 2.06. The Morgan fingerprint density at radius 2 is 2.20 bits per heavy atom. The van der Waals surface area contributed by atoms with E-state index in [-0.39, 0.29) is 5.91 Å². The Morgan fingerprint density at radius 3 is 2.90 bits per heavy atom. The van der Waals surface area contributed by atoms with Crippen LogP contribution in [-0.4, -0.2) is 28.9 Å². The minimum Gasteiger partial charge on any atom is -0.398 e. The zero-order valence-corrected chi connectivity index (χ0v) is 11.3. The maximum Gasteiger partial charge on any atom is 0.272 e. The van der Waals surface area contributed by atoms with Crippen LogP contribution in [0, 0.1) is 11.3 Å². The van der Waals surface area contributed by atoms with Gasteiger partial charge in [-0.15, -0.1) is 0 Å². The number of nitrogens with zero attached hydrogens (tertiary/aromatic N) is 3. The van der Waals surface area contributed by atoms with E-state index in [1.807, 2.05) is 37.3 Å². The van der Waals surface area contributed by atoms with Crippen molar-refractivity contribution in [1.82, 2.24) is 9.88 Å². The predicted molar refractivity (Wildman–Crippen MR) is 78.0 cm³/mol. The molecule has 0 bridgehead atoms. The summed E-state index contributed by atoms with van der Waals surface area (Å²) < 4.78 is 0. The molecule has 5 nitrogen and oxygen atoms in total. The molecule has 0 spiro atoms. The summed E-state index contributed by atoms with van der Waals surface area (Å²) in [5.74, 6) is -0.194. The van der Waals surface area contributed by atoms with Gasteiger partial charge in [-0.1, -0.05) is 18.2 Å². The minimum absolute atomic E-state index is 0.194. The van der Waals surface area contributed by atoms with Gasteiger partial charge in [0.15, 0.2) is 0 Å². The molecule has 1 aromatic carbocycles. The van der Waals surface area contributed by atoms with Crippen molar-refractivity contribution in [2.24, 2.45) is 0 Å². The van der Waals surface area contributed by atoms with E-state index >= 15 is 0 Å². The lowest BCUT2D eigenvalue weighted by Gasteiger charge is -2.19. The lowest BCUT2D eigenvalue weighted by atomic mass is 10.1. The number of rotatable bonds is 4. The van der Waals surface area contributed by atoms with Crippen LogP contribution in [0.4, 0.5) is 5.69 Å². The van der Waals surface area contributed by atoms with Crippen LogP contribution < -0.4 is 5.73 Å². The third-order valence-corrected chi connectivity index (χ3v) is 3.13. The third kappa shape index (κ3) is 2.69. The van der Waals surface area contributed by atoms with Gasteiger partial charge in [-0.05, 0) is 19.1 Å². The average Bonchev–Trinajstić information content (AvgIpc) is 2.47. The largest absolute Gasteiger partial charge is 0.398 e. The SMILES string of the molecule is CCN(CCC#N)C(=O)c1cc(N)c2ccccc2n1. The van der Waals surface area contributed by atoms with E-state index in [1.54, 1.807) is 11.0 Å². The maximum atomic E-state index is 12.4. The summed E-state index contributed by atoms with van der Waals surface area (Å²) in [5, 5.41) is 9.46. The molecule has 0 saturated heterocycles. The molecule has 102 valence electrons. The molecule has 0 radical (unpaired) electrons. The highest BCUT2D eigenvalue weighted by atomic mass is 16.2. The van der Waals surface area contributed by atoms with Crippen LogP contribution in [0.3, 0.4) is 0 Å². The summed E-state index contributed by atoms with van der Waals surface area (Å²) in [6, 6.07) is 11.1. The number of nitriles is 1. The van der Waals surface area contributed by atoms with Gasteiger partial charge in [-0.25, -0.2) is 4.98 Å². The van der Waals surface area contributed by atoms with Gasteiger partial charge < -0.3 is 10.6 Å². The summed E-state index contributed by atoms with van der Waals surface area (Å²) in [6.45, 7) is 2.81. The van der Waals surface area contributed by atoms with E-state index in [1.165, 1.54) is 0 Å². The first-order chi connectivity index (χ1) is 9.67. The van der Waals surface area contributed by atoms with Gasteiger partial charge in [0.1, 0.15) is 5.69 Å². The number of pyridine rings is 1. The standard InChI is InChI=1S/C15H16N4O/c1-2-19(9-5-8-16)15(20)14-10-12(17)11-6-3-4-7-13(11)18-14/h3-4,6-7,10H,2,5,9H2,1H3,(H2,17,18). The first-order valence-electron chi connectivity index (χ1n) is 6.49. The highest BCUT2D eigenvalue weighted by molar-refractivity contribution is 5.99. The van der Waals surface area contributed by atoms with E-state index in [0.29, 0.717) is 36.4 Å². The lowest BCUT2D eigenvalue weighted by Crippen LogP contribution is -2.32. The summed E-state index contributed by atoms with van der Waals surface area (Å²) in [7, 11) is 0. The minimum atomic E-state index is -0.194. The van der Waals surface area contributed by atoms with Crippen molar-refractivity contribution >= 4 is 22.5 Å². The number of fused-ring (bicyclic) bond motifs is 1. The molecule has 0 atom stereocenters. The summed E-state index contributed by atoms with van der Waals surface area (Å²) in [4.78, 5) is 18.3.